The van der Waals surface area contributed by atoms with E-state index in [4.69, 9.17) is 11.6 Å². The molecule has 0 unspecified atom stereocenters. The maximum atomic E-state index is 10.5. The van der Waals surface area contributed by atoms with Gasteiger partial charge in [-0.1, -0.05) is 57.5 Å². The maximum absolute atomic E-state index is 10.5. The van der Waals surface area contributed by atoms with Gasteiger partial charge in [-0.15, -0.1) is 0 Å². The van der Waals surface area contributed by atoms with Crippen LogP contribution in [0.4, 0.5) is 0 Å². The molecule has 0 fully saturated rings. The number of carbonyl (C=O) groups excluding carboxylic acids is 1. The van der Waals surface area contributed by atoms with E-state index in [9.17, 15) is 4.79 Å². The molecule has 0 atom stereocenters. The molecule has 1 aromatic heterocycles. The normalized spacial score (nSPS) is 8.53. The molecule has 0 radical (unpaired) electrons. The van der Waals surface area contributed by atoms with Gasteiger partial charge in [-0.2, -0.15) is 0 Å². The van der Waals surface area contributed by atoms with Crippen LogP contribution in [0, 0.1) is 0 Å². The number of halogens is 1. The summed E-state index contributed by atoms with van der Waals surface area (Å²) in [5.74, 6) is 0. The van der Waals surface area contributed by atoms with E-state index < -0.39 is 0 Å². The standard InChI is InChI=1S/C10H6ClNO.2C2H6/c11-10-8(6-13)5-7-3-1-2-4-9(7)12-10;2*1-2/h1-6H;2*1-2H3. The molecule has 0 spiro atoms. The zero-order chi connectivity index (χ0) is 13.3. The topological polar surface area (TPSA) is 30.0 Å². The van der Waals surface area contributed by atoms with E-state index in [1.54, 1.807) is 6.07 Å². The molecule has 3 heteroatoms. The van der Waals surface area contributed by atoms with E-state index in [2.05, 4.69) is 4.98 Å². The van der Waals surface area contributed by atoms with Crippen LogP contribution in [0.3, 0.4) is 0 Å². The predicted octanol–water partition coefficient (Wildman–Crippen LogP) is 4.75. The molecule has 1 aromatic carbocycles. The van der Waals surface area contributed by atoms with Gasteiger partial charge in [0.05, 0.1) is 11.1 Å². The quantitative estimate of drug-likeness (QED) is 0.541. The summed E-state index contributed by atoms with van der Waals surface area (Å²) in [6.07, 6.45) is 0.710. The summed E-state index contributed by atoms with van der Waals surface area (Å²) in [6, 6.07) is 9.26. The fourth-order valence-corrected chi connectivity index (χ4v) is 1.38. The number of benzene rings is 1. The zero-order valence-corrected chi connectivity index (χ0v) is 11.5. The number of aromatic nitrogens is 1. The van der Waals surface area contributed by atoms with Crippen molar-refractivity contribution in [3.05, 3.63) is 41.0 Å². The van der Waals surface area contributed by atoms with Gasteiger partial charge in [0.2, 0.25) is 0 Å². The molecule has 92 valence electrons. The van der Waals surface area contributed by atoms with Crippen molar-refractivity contribution in [1.29, 1.82) is 0 Å². The third kappa shape index (κ3) is 4.16. The van der Waals surface area contributed by atoms with Gasteiger partial charge in [0.15, 0.2) is 6.29 Å². The van der Waals surface area contributed by atoms with E-state index in [0.717, 1.165) is 10.9 Å². The van der Waals surface area contributed by atoms with Crippen LogP contribution in [0.5, 0.6) is 0 Å². The molecular formula is C14H18ClNO. The minimum absolute atomic E-state index is 0.258. The van der Waals surface area contributed by atoms with Crippen molar-refractivity contribution in [2.45, 2.75) is 27.7 Å². The van der Waals surface area contributed by atoms with Gasteiger partial charge in [-0.25, -0.2) is 4.98 Å². The highest BCUT2D eigenvalue weighted by atomic mass is 35.5. The molecule has 17 heavy (non-hydrogen) atoms. The van der Waals surface area contributed by atoms with Gasteiger partial charge in [0, 0.05) is 5.39 Å². The Morgan fingerprint density at radius 1 is 1.12 bits per heavy atom. The van der Waals surface area contributed by atoms with Crippen LogP contribution in [0.25, 0.3) is 10.9 Å². The molecule has 2 aromatic rings. The van der Waals surface area contributed by atoms with Crippen molar-refractivity contribution in [2.75, 3.05) is 0 Å². The average Bonchev–Trinajstić information content (AvgIpc) is 2.42. The van der Waals surface area contributed by atoms with Crippen LogP contribution in [-0.4, -0.2) is 11.3 Å². The molecule has 1 heterocycles. The van der Waals surface area contributed by atoms with Gasteiger partial charge >= 0.3 is 0 Å². The third-order valence-corrected chi connectivity index (χ3v) is 2.13. The number of pyridine rings is 1. The second kappa shape index (κ2) is 8.71. The summed E-state index contributed by atoms with van der Waals surface area (Å²) in [5.41, 5.74) is 1.23. The monoisotopic (exact) mass is 251 g/mol. The summed E-state index contributed by atoms with van der Waals surface area (Å²) in [7, 11) is 0. The van der Waals surface area contributed by atoms with Crippen LogP contribution < -0.4 is 0 Å². The Kier molecular flexibility index (Phi) is 7.99. The highest BCUT2D eigenvalue weighted by Gasteiger charge is 2.02. The van der Waals surface area contributed by atoms with E-state index in [1.165, 1.54) is 0 Å². The largest absolute Gasteiger partial charge is 0.298 e. The van der Waals surface area contributed by atoms with Crippen molar-refractivity contribution >= 4 is 28.8 Å². The highest BCUT2D eigenvalue weighted by Crippen LogP contribution is 2.18. The Balaban J connectivity index is 0.000000581. The number of rotatable bonds is 1. The van der Waals surface area contributed by atoms with Crippen molar-refractivity contribution in [1.82, 2.24) is 4.98 Å². The fourth-order valence-electron chi connectivity index (χ4n) is 1.19. The Labute approximate surface area is 108 Å². The van der Waals surface area contributed by atoms with Gasteiger partial charge < -0.3 is 0 Å². The molecule has 0 saturated heterocycles. The average molecular weight is 252 g/mol. The zero-order valence-electron chi connectivity index (χ0n) is 10.7. The van der Waals surface area contributed by atoms with Gasteiger partial charge in [0.1, 0.15) is 5.15 Å². The Hall–Kier alpha value is -1.41. The number of nitrogens with zero attached hydrogens (tertiary/aromatic N) is 1. The predicted molar refractivity (Wildman–Crippen MR) is 74.8 cm³/mol. The first-order valence-corrected chi connectivity index (χ1v) is 6.19. The summed E-state index contributed by atoms with van der Waals surface area (Å²) in [5, 5.41) is 1.18. The Morgan fingerprint density at radius 2 is 1.71 bits per heavy atom. The minimum atomic E-state index is 0.258. The molecule has 0 aliphatic carbocycles. The number of aldehydes is 1. The number of hydrogen-bond acceptors (Lipinski definition) is 2. The Bertz CT molecular complexity index is 469. The maximum Gasteiger partial charge on any atom is 0.153 e. The van der Waals surface area contributed by atoms with Gasteiger partial charge in [-0.05, 0) is 12.1 Å². The first kappa shape index (κ1) is 15.6. The van der Waals surface area contributed by atoms with Crippen molar-refractivity contribution in [3.63, 3.8) is 0 Å². The first-order chi connectivity index (χ1) is 8.31. The molecule has 2 rings (SSSR count). The van der Waals surface area contributed by atoms with Crippen LogP contribution >= 0.6 is 11.6 Å². The second-order valence-corrected chi connectivity index (χ2v) is 3.04. The number of hydrogen-bond donors (Lipinski definition) is 0. The molecular weight excluding hydrogens is 234 g/mol. The van der Waals surface area contributed by atoms with Crippen LogP contribution in [0.2, 0.25) is 5.15 Å². The lowest BCUT2D eigenvalue weighted by Gasteiger charge is -1.99. The number of fused-ring (bicyclic) bond motifs is 1. The Morgan fingerprint density at radius 3 is 2.29 bits per heavy atom. The minimum Gasteiger partial charge on any atom is -0.298 e. The summed E-state index contributed by atoms with van der Waals surface area (Å²) >= 11 is 5.76. The lowest BCUT2D eigenvalue weighted by Crippen LogP contribution is -1.87. The second-order valence-electron chi connectivity index (χ2n) is 2.68. The summed E-state index contributed by atoms with van der Waals surface area (Å²) < 4.78 is 0. The van der Waals surface area contributed by atoms with Crippen LogP contribution in [0.1, 0.15) is 38.1 Å². The lowest BCUT2D eigenvalue weighted by atomic mass is 10.2. The number of carbonyl (C=O) groups is 1. The van der Waals surface area contributed by atoms with Crippen LogP contribution in [-0.2, 0) is 0 Å². The molecule has 0 aliphatic heterocycles. The third-order valence-electron chi connectivity index (χ3n) is 1.83. The molecule has 0 N–H and O–H groups in total. The number of para-hydroxylation sites is 1. The SMILES string of the molecule is CC.CC.O=Cc1cc2ccccc2nc1Cl. The van der Waals surface area contributed by atoms with E-state index in [0.29, 0.717) is 11.8 Å². The molecule has 0 bridgehead atoms. The molecule has 2 nitrogen and oxygen atoms in total. The van der Waals surface area contributed by atoms with Gasteiger partial charge in [-0.3, -0.25) is 4.79 Å². The summed E-state index contributed by atoms with van der Waals surface area (Å²) in [6.45, 7) is 8.00. The summed E-state index contributed by atoms with van der Waals surface area (Å²) in [4.78, 5) is 14.6. The smallest absolute Gasteiger partial charge is 0.153 e. The van der Waals surface area contributed by atoms with Crippen LogP contribution in [0.15, 0.2) is 30.3 Å². The fraction of sp³-hybridized carbons (Fsp3) is 0.286. The molecule has 0 saturated carbocycles. The van der Waals surface area contributed by atoms with Crippen molar-refractivity contribution in [3.8, 4) is 0 Å². The van der Waals surface area contributed by atoms with Gasteiger partial charge in [0.25, 0.3) is 0 Å². The van der Waals surface area contributed by atoms with E-state index in [1.807, 2.05) is 52.0 Å². The highest BCUT2D eigenvalue weighted by molar-refractivity contribution is 6.32. The first-order valence-electron chi connectivity index (χ1n) is 5.82. The lowest BCUT2D eigenvalue weighted by molar-refractivity contribution is 0.112. The van der Waals surface area contributed by atoms with Crippen molar-refractivity contribution < 1.29 is 4.79 Å². The molecule has 0 amide bonds. The van der Waals surface area contributed by atoms with E-state index >= 15 is 0 Å². The molecule has 0 aliphatic rings. The van der Waals surface area contributed by atoms with E-state index in [-0.39, 0.29) is 5.15 Å². The van der Waals surface area contributed by atoms with Crippen molar-refractivity contribution in [2.24, 2.45) is 0 Å².